The van der Waals surface area contributed by atoms with Gasteiger partial charge in [0.05, 0.1) is 0 Å². The molecule has 2 atom stereocenters. The van der Waals surface area contributed by atoms with Crippen LogP contribution in [0.15, 0.2) is 30.3 Å². The minimum absolute atomic E-state index is 0.190. The van der Waals surface area contributed by atoms with Crippen molar-refractivity contribution < 1.29 is 9.90 Å². The van der Waals surface area contributed by atoms with E-state index >= 15 is 0 Å². The number of aliphatic carboxylic acids is 1. The SMILES string of the molecule is C[C@]1(c2ccccc2)CC[C@@H](C(=O)O)N1. The quantitative estimate of drug-likeness (QED) is 0.773. The van der Waals surface area contributed by atoms with Gasteiger partial charge in [-0.2, -0.15) is 0 Å². The second-order valence-electron chi connectivity index (χ2n) is 4.27. The fourth-order valence-corrected chi connectivity index (χ4v) is 2.18. The van der Waals surface area contributed by atoms with E-state index in [1.165, 1.54) is 0 Å². The average molecular weight is 205 g/mol. The van der Waals surface area contributed by atoms with Crippen molar-refractivity contribution in [1.82, 2.24) is 5.32 Å². The maximum absolute atomic E-state index is 10.9. The Labute approximate surface area is 89.1 Å². The number of carboxylic acid groups (broad SMARTS) is 1. The van der Waals surface area contributed by atoms with Crippen LogP contribution >= 0.6 is 0 Å². The topological polar surface area (TPSA) is 49.3 Å². The molecule has 1 aromatic rings. The number of carbonyl (C=O) groups is 1. The Bertz CT molecular complexity index is 363. The first kappa shape index (κ1) is 10.2. The molecule has 0 spiro atoms. The molecule has 0 aromatic heterocycles. The van der Waals surface area contributed by atoms with Gasteiger partial charge in [-0.05, 0) is 25.3 Å². The average Bonchev–Trinajstić information content (AvgIpc) is 2.64. The summed E-state index contributed by atoms with van der Waals surface area (Å²) in [7, 11) is 0. The van der Waals surface area contributed by atoms with Crippen molar-refractivity contribution in [3.63, 3.8) is 0 Å². The van der Waals surface area contributed by atoms with Gasteiger partial charge in [-0.1, -0.05) is 30.3 Å². The summed E-state index contributed by atoms with van der Waals surface area (Å²) in [6.07, 6.45) is 1.56. The summed E-state index contributed by atoms with van der Waals surface area (Å²) < 4.78 is 0. The van der Waals surface area contributed by atoms with Gasteiger partial charge in [-0.25, -0.2) is 0 Å². The lowest BCUT2D eigenvalue weighted by Gasteiger charge is -2.25. The number of hydrogen-bond acceptors (Lipinski definition) is 2. The van der Waals surface area contributed by atoms with Crippen molar-refractivity contribution in [2.75, 3.05) is 0 Å². The van der Waals surface area contributed by atoms with E-state index in [0.29, 0.717) is 6.42 Å². The molecule has 1 saturated heterocycles. The summed E-state index contributed by atoms with van der Waals surface area (Å²) in [6.45, 7) is 2.06. The first-order chi connectivity index (χ1) is 7.12. The molecular formula is C12H15NO2. The van der Waals surface area contributed by atoms with E-state index in [2.05, 4.69) is 12.2 Å². The van der Waals surface area contributed by atoms with Gasteiger partial charge in [0, 0.05) is 5.54 Å². The first-order valence-corrected chi connectivity index (χ1v) is 5.18. The third-order valence-corrected chi connectivity index (χ3v) is 3.13. The third kappa shape index (κ3) is 1.88. The van der Waals surface area contributed by atoms with Crippen molar-refractivity contribution in [3.05, 3.63) is 35.9 Å². The van der Waals surface area contributed by atoms with Crippen LogP contribution in [0.4, 0.5) is 0 Å². The van der Waals surface area contributed by atoms with Crippen molar-refractivity contribution >= 4 is 5.97 Å². The molecule has 0 amide bonds. The lowest BCUT2D eigenvalue weighted by molar-refractivity contribution is -0.139. The van der Waals surface area contributed by atoms with Crippen LogP contribution in [-0.4, -0.2) is 17.1 Å². The predicted octanol–water partition coefficient (Wildman–Crippen LogP) is 1.74. The molecule has 3 heteroatoms. The van der Waals surface area contributed by atoms with Crippen molar-refractivity contribution in [1.29, 1.82) is 0 Å². The molecule has 1 fully saturated rings. The van der Waals surface area contributed by atoms with Crippen molar-refractivity contribution in [3.8, 4) is 0 Å². The predicted molar refractivity (Wildman–Crippen MR) is 57.6 cm³/mol. The maximum Gasteiger partial charge on any atom is 0.320 e. The summed E-state index contributed by atoms with van der Waals surface area (Å²) in [5, 5.41) is 12.1. The number of carboxylic acids is 1. The van der Waals surface area contributed by atoms with E-state index in [9.17, 15) is 4.79 Å². The standard InChI is InChI=1S/C12H15NO2/c1-12(9-5-3-2-4-6-9)8-7-10(13-12)11(14)15/h2-6,10,13H,7-8H2,1H3,(H,14,15)/t10-,12+/m0/s1. The van der Waals surface area contributed by atoms with Crippen LogP contribution in [0.1, 0.15) is 25.3 Å². The molecule has 1 aliphatic heterocycles. The number of hydrogen-bond donors (Lipinski definition) is 2. The summed E-state index contributed by atoms with van der Waals surface area (Å²) in [5.41, 5.74) is 0.971. The van der Waals surface area contributed by atoms with Crippen molar-refractivity contribution in [2.24, 2.45) is 0 Å². The molecule has 3 nitrogen and oxygen atoms in total. The Kier molecular flexibility index (Phi) is 2.49. The fraction of sp³-hybridized carbons (Fsp3) is 0.417. The third-order valence-electron chi connectivity index (χ3n) is 3.13. The van der Waals surface area contributed by atoms with Crippen LogP contribution < -0.4 is 5.32 Å². The van der Waals surface area contributed by atoms with E-state index in [1.54, 1.807) is 0 Å². The highest BCUT2D eigenvalue weighted by Gasteiger charge is 2.38. The lowest BCUT2D eigenvalue weighted by atomic mass is 9.91. The smallest absolute Gasteiger partial charge is 0.320 e. The van der Waals surface area contributed by atoms with E-state index in [4.69, 9.17) is 5.11 Å². The molecule has 0 saturated carbocycles. The summed E-state index contributed by atoms with van der Waals surface area (Å²) >= 11 is 0. The Morgan fingerprint density at radius 2 is 2.13 bits per heavy atom. The molecular weight excluding hydrogens is 190 g/mol. The van der Waals surface area contributed by atoms with Crippen LogP contribution in [0, 0.1) is 0 Å². The van der Waals surface area contributed by atoms with E-state index in [-0.39, 0.29) is 5.54 Å². The van der Waals surface area contributed by atoms with Crippen LogP contribution in [-0.2, 0) is 10.3 Å². The van der Waals surface area contributed by atoms with Gasteiger partial charge in [-0.3, -0.25) is 10.1 Å². The highest BCUT2D eigenvalue weighted by molar-refractivity contribution is 5.74. The van der Waals surface area contributed by atoms with Gasteiger partial charge in [0.15, 0.2) is 0 Å². The second kappa shape index (κ2) is 3.66. The summed E-state index contributed by atoms with van der Waals surface area (Å²) in [4.78, 5) is 10.9. The van der Waals surface area contributed by atoms with Gasteiger partial charge >= 0.3 is 5.97 Å². The van der Waals surface area contributed by atoms with E-state index in [1.807, 2.05) is 30.3 Å². The Morgan fingerprint density at radius 3 is 2.67 bits per heavy atom. The lowest BCUT2D eigenvalue weighted by Crippen LogP contribution is -2.41. The van der Waals surface area contributed by atoms with Gasteiger partial charge in [0.25, 0.3) is 0 Å². The van der Waals surface area contributed by atoms with Crippen LogP contribution in [0.3, 0.4) is 0 Å². The molecule has 80 valence electrons. The van der Waals surface area contributed by atoms with E-state index < -0.39 is 12.0 Å². The number of rotatable bonds is 2. The largest absolute Gasteiger partial charge is 0.480 e. The van der Waals surface area contributed by atoms with Crippen LogP contribution in [0.2, 0.25) is 0 Å². The highest BCUT2D eigenvalue weighted by atomic mass is 16.4. The highest BCUT2D eigenvalue weighted by Crippen LogP contribution is 2.32. The van der Waals surface area contributed by atoms with Gasteiger partial charge in [0.2, 0.25) is 0 Å². The molecule has 0 bridgehead atoms. The molecule has 2 rings (SSSR count). The van der Waals surface area contributed by atoms with Crippen LogP contribution in [0.5, 0.6) is 0 Å². The molecule has 1 aromatic carbocycles. The monoisotopic (exact) mass is 205 g/mol. The van der Waals surface area contributed by atoms with Gasteiger partial charge in [0.1, 0.15) is 6.04 Å². The molecule has 1 heterocycles. The van der Waals surface area contributed by atoms with E-state index in [0.717, 1.165) is 12.0 Å². The minimum atomic E-state index is -0.755. The Balaban J connectivity index is 2.20. The molecule has 0 radical (unpaired) electrons. The number of nitrogens with one attached hydrogen (secondary N) is 1. The summed E-state index contributed by atoms with van der Waals surface area (Å²) in [6, 6.07) is 9.60. The normalized spacial score (nSPS) is 30.3. The molecule has 1 aliphatic rings. The van der Waals surface area contributed by atoms with Gasteiger partial charge < -0.3 is 5.11 Å². The Hall–Kier alpha value is -1.35. The molecule has 2 N–H and O–H groups in total. The van der Waals surface area contributed by atoms with Gasteiger partial charge in [-0.15, -0.1) is 0 Å². The van der Waals surface area contributed by atoms with Crippen LogP contribution in [0.25, 0.3) is 0 Å². The molecule has 0 aliphatic carbocycles. The van der Waals surface area contributed by atoms with Crippen molar-refractivity contribution in [2.45, 2.75) is 31.3 Å². The zero-order valence-electron chi connectivity index (χ0n) is 8.73. The molecule has 0 unspecified atom stereocenters. The second-order valence-corrected chi connectivity index (χ2v) is 4.27. The zero-order chi connectivity index (χ0) is 10.9. The fourth-order valence-electron chi connectivity index (χ4n) is 2.18. The summed E-state index contributed by atoms with van der Waals surface area (Å²) in [5.74, 6) is -0.755. The maximum atomic E-state index is 10.9. The minimum Gasteiger partial charge on any atom is -0.480 e. The number of benzene rings is 1. The molecule has 15 heavy (non-hydrogen) atoms. The zero-order valence-corrected chi connectivity index (χ0v) is 8.73. The first-order valence-electron chi connectivity index (χ1n) is 5.18. The Morgan fingerprint density at radius 1 is 1.47 bits per heavy atom.